The van der Waals surface area contributed by atoms with Gasteiger partial charge in [0.1, 0.15) is 5.82 Å². The average Bonchev–Trinajstić information content (AvgIpc) is 3.05. The van der Waals surface area contributed by atoms with Crippen molar-refractivity contribution >= 4 is 28.5 Å². The van der Waals surface area contributed by atoms with Gasteiger partial charge < -0.3 is 20.1 Å². The van der Waals surface area contributed by atoms with Crippen LogP contribution >= 0.6 is 0 Å². The van der Waals surface area contributed by atoms with Gasteiger partial charge in [-0.15, -0.1) is 0 Å². The number of aliphatic imine (C=N–C) groups is 1. The lowest BCUT2D eigenvalue weighted by molar-refractivity contribution is 0.0378. The Bertz CT molecular complexity index is 1040. The van der Waals surface area contributed by atoms with E-state index in [4.69, 9.17) is 4.74 Å². The second-order valence-electron chi connectivity index (χ2n) is 7.57. The van der Waals surface area contributed by atoms with Gasteiger partial charge in [-0.05, 0) is 61.9 Å². The molecule has 7 heteroatoms. The fourth-order valence-corrected chi connectivity index (χ4v) is 3.72. The summed E-state index contributed by atoms with van der Waals surface area (Å²) in [4.78, 5) is 9.71. The molecule has 0 unspecified atom stereocenters. The molecule has 0 atom stereocenters. The largest absolute Gasteiger partial charge is 0.494 e. The molecule has 0 aliphatic carbocycles. The summed E-state index contributed by atoms with van der Waals surface area (Å²) in [6, 6.07) is 10.3. The van der Waals surface area contributed by atoms with Gasteiger partial charge in [0.25, 0.3) is 0 Å². The van der Waals surface area contributed by atoms with Crippen molar-refractivity contribution in [2.45, 2.75) is 13.3 Å². The molecule has 3 aromatic rings. The maximum absolute atomic E-state index is 13.4. The van der Waals surface area contributed by atoms with Gasteiger partial charge in [0.05, 0.1) is 30.0 Å². The minimum absolute atomic E-state index is 0.0189. The number of ether oxygens (including phenoxy) is 1. The van der Waals surface area contributed by atoms with Gasteiger partial charge in [-0.2, -0.15) is 0 Å². The fourth-order valence-electron chi connectivity index (χ4n) is 3.72. The molecule has 2 heterocycles. The topological polar surface area (TPSA) is 72.9 Å². The Morgan fingerprint density at radius 3 is 2.87 bits per heavy atom. The van der Waals surface area contributed by atoms with E-state index in [9.17, 15) is 9.50 Å². The Labute approximate surface area is 175 Å². The van der Waals surface area contributed by atoms with E-state index < -0.39 is 0 Å². The molecule has 1 aromatic heterocycles. The van der Waals surface area contributed by atoms with Gasteiger partial charge in [0.2, 0.25) is 0 Å². The molecule has 6 nitrogen and oxygen atoms in total. The summed E-state index contributed by atoms with van der Waals surface area (Å²) in [5, 5.41) is 14.4. The highest BCUT2D eigenvalue weighted by Crippen LogP contribution is 2.27. The van der Waals surface area contributed by atoms with E-state index >= 15 is 0 Å². The van der Waals surface area contributed by atoms with Crippen molar-refractivity contribution in [3.05, 3.63) is 53.3 Å². The highest BCUT2D eigenvalue weighted by Gasteiger charge is 2.10. The van der Waals surface area contributed by atoms with Crippen LogP contribution in [0.15, 0.2) is 41.4 Å². The quantitative estimate of drug-likeness (QED) is 0.403. The summed E-state index contributed by atoms with van der Waals surface area (Å²) >= 11 is 0. The van der Waals surface area contributed by atoms with Crippen LogP contribution in [-0.2, 0) is 4.74 Å². The van der Waals surface area contributed by atoms with E-state index in [0.29, 0.717) is 11.1 Å². The lowest BCUT2D eigenvalue weighted by Gasteiger charge is -2.26. The molecule has 0 radical (unpaired) electrons. The number of halogens is 1. The Hall–Kier alpha value is -2.90. The number of aromatic hydroxyl groups is 1. The second kappa shape index (κ2) is 9.28. The molecule has 0 spiro atoms. The Morgan fingerprint density at radius 1 is 1.23 bits per heavy atom. The molecule has 1 aliphatic heterocycles. The van der Waals surface area contributed by atoms with Gasteiger partial charge in [-0.3, -0.25) is 9.89 Å². The predicted molar refractivity (Wildman–Crippen MR) is 119 cm³/mol. The number of nitrogens with zero attached hydrogens (tertiary/aromatic N) is 2. The predicted octanol–water partition coefficient (Wildman–Crippen LogP) is 4.21. The summed E-state index contributed by atoms with van der Waals surface area (Å²) in [5.41, 5.74) is 4.10. The molecule has 30 heavy (non-hydrogen) atoms. The lowest BCUT2D eigenvalue weighted by atomic mass is 10.1. The first-order valence-corrected chi connectivity index (χ1v) is 10.3. The Kier molecular flexibility index (Phi) is 6.30. The summed E-state index contributed by atoms with van der Waals surface area (Å²) in [7, 11) is 0. The number of aromatic nitrogens is 1. The molecule has 2 aromatic carbocycles. The summed E-state index contributed by atoms with van der Waals surface area (Å²) < 4.78 is 18.7. The van der Waals surface area contributed by atoms with Crippen LogP contribution in [0.1, 0.15) is 17.5 Å². The fraction of sp³-hybridized carbons (Fsp3) is 0.348. The van der Waals surface area contributed by atoms with Crippen LogP contribution in [0, 0.1) is 12.7 Å². The van der Waals surface area contributed by atoms with Crippen LogP contribution in [-0.4, -0.2) is 60.6 Å². The number of hydrogen-bond donors (Lipinski definition) is 3. The summed E-state index contributed by atoms with van der Waals surface area (Å²) in [5.74, 6) is -0.370. The number of anilines is 1. The van der Waals surface area contributed by atoms with Crippen molar-refractivity contribution in [2.75, 3.05) is 44.7 Å². The van der Waals surface area contributed by atoms with Crippen molar-refractivity contribution in [1.82, 2.24) is 9.88 Å². The molecule has 0 saturated carbocycles. The highest BCUT2D eigenvalue weighted by molar-refractivity contribution is 6.02. The standard InChI is InChI=1S/C23H27FN4O2/c1-16-13-18(4-6-21(16)25-7-2-8-28-9-11-30-12-10-28)26-15-20-19-5-3-17(24)14-22(19)27-23(20)29/h3-6,13-15,25,27,29H,2,7-12H2,1H3. The number of nitrogens with one attached hydrogen (secondary N) is 2. The zero-order chi connectivity index (χ0) is 20.9. The molecule has 1 saturated heterocycles. The zero-order valence-corrected chi connectivity index (χ0v) is 17.1. The third-order valence-corrected chi connectivity index (χ3v) is 5.40. The molecule has 3 N–H and O–H groups in total. The lowest BCUT2D eigenvalue weighted by Crippen LogP contribution is -2.37. The van der Waals surface area contributed by atoms with E-state index in [0.717, 1.165) is 68.1 Å². The van der Waals surface area contributed by atoms with Crippen molar-refractivity contribution in [1.29, 1.82) is 0 Å². The second-order valence-corrected chi connectivity index (χ2v) is 7.57. The van der Waals surface area contributed by atoms with Gasteiger partial charge in [0.15, 0.2) is 5.88 Å². The molecule has 4 rings (SSSR count). The third kappa shape index (κ3) is 4.80. The van der Waals surface area contributed by atoms with E-state index in [-0.39, 0.29) is 11.7 Å². The third-order valence-electron chi connectivity index (χ3n) is 5.40. The number of fused-ring (bicyclic) bond motifs is 1. The summed E-state index contributed by atoms with van der Waals surface area (Å²) in [6.45, 7) is 7.76. The maximum Gasteiger partial charge on any atom is 0.198 e. The number of benzene rings is 2. The van der Waals surface area contributed by atoms with Crippen LogP contribution in [0.2, 0.25) is 0 Å². The molecule has 158 valence electrons. The van der Waals surface area contributed by atoms with E-state index in [1.54, 1.807) is 12.3 Å². The average molecular weight is 410 g/mol. The molecule has 0 bridgehead atoms. The van der Waals surface area contributed by atoms with Crippen LogP contribution in [0.4, 0.5) is 15.8 Å². The van der Waals surface area contributed by atoms with Gasteiger partial charge in [-0.25, -0.2) is 4.39 Å². The Morgan fingerprint density at radius 2 is 2.07 bits per heavy atom. The van der Waals surface area contributed by atoms with Crippen molar-refractivity contribution in [3.63, 3.8) is 0 Å². The van der Waals surface area contributed by atoms with Crippen LogP contribution in [0.3, 0.4) is 0 Å². The van der Waals surface area contributed by atoms with Gasteiger partial charge >= 0.3 is 0 Å². The smallest absolute Gasteiger partial charge is 0.198 e. The van der Waals surface area contributed by atoms with Crippen LogP contribution in [0.25, 0.3) is 10.9 Å². The van der Waals surface area contributed by atoms with Crippen molar-refractivity contribution in [3.8, 4) is 5.88 Å². The number of aryl methyl sites for hydroxylation is 1. The minimum atomic E-state index is -0.351. The first kappa shape index (κ1) is 20.4. The number of aromatic amines is 1. The monoisotopic (exact) mass is 410 g/mol. The van der Waals surface area contributed by atoms with Crippen molar-refractivity contribution < 1.29 is 14.2 Å². The molecule has 1 fully saturated rings. The van der Waals surface area contributed by atoms with E-state index in [1.165, 1.54) is 12.1 Å². The summed E-state index contributed by atoms with van der Waals surface area (Å²) in [6.07, 6.45) is 2.69. The minimum Gasteiger partial charge on any atom is -0.494 e. The molecular weight excluding hydrogens is 383 g/mol. The number of hydrogen-bond acceptors (Lipinski definition) is 5. The van der Waals surface area contributed by atoms with Gasteiger partial charge in [0, 0.05) is 36.9 Å². The first-order valence-electron chi connectivity index (χ1n) is 10.3. The number of rotatable bonds is 7. The zero-order valence-electron chi connectivity index (χ0n) is 17.1. The Balaban J connectivity index is 1.37. The van der Waals surface area contributed by atoms with Gasteiger partial charge in [-0.1, -0.05) is 0 Å². The highest BCUT2D eigenvalue weighted by atomic mass is 19.1. The van der Waals surface area contributed by atoms with Crippen LogP contribution < -0.4 is 5.32 Å². The molecular formula is C23H27FN4O2. The normalized spacial score (nSPS) is 15.3. The van der Waals surface area contributed by atoms with E-state index in [2.05, 4.69) is 27.1 Å². The van der Waals surface area contributed by atoms with Crippen LogP contribution in [0.5, 0.6) is 5.88 Å². The SMILES string of the molecule is Cc1cc(N=Cc2c(O)[nH]c3cc(F)ccc23)ccc1NCCCN1CCOCC1. The van der Waals surface area contributed by atoms with Crippen molar-refractivity contribution in [2.24, 2.45) is 4.99 Å². The molecule has 0 amide bonds. The maximum atomic E-state index is 13.4. The number of morpholine rings is 1. The molecule has 1 aliphatic rings. The number of H-pyrrole nitrogens is 1. The van der Waals surface area contributed by atoms with E-state index in [1.807, 2.05) is 18.2 Å². The first-order chi connectivity index (χ1) is 14.6.